The van der Waals surface area contributed by atoms with Crippen LogP contribution in [0.25, 0.3) is 0 Å². The number of anilines is 1. The maximum absolute atomic E-state index is 11.8. The van der Waals surface area contributed by atoms with Gasteiger partial charge < -0.3 is 4.90 Å². The smallest absolute Gasteiger partial charge is 0.271 e. The summed E-state index contributed by atoms with van der Waals surface area (Å²) in [6, 6.07) is 4.10. The molecule has 0 bridgehead atoms. The zero-order valence-corrected chi connectivity index (χ0v) is 10.3. The monoisotopic (exact) mass is 266 g/mol. The Labute approximate surface area is 109 Å². The first kappa shape index (κ1) is 12.6. The molecule has 94 valence electrons. The van der Waals surface area contributed by atoms with Gasteiger partial charge in [0.15, 0.2) is 0 Å². The molecule has 1 amide bonds. The van der Waals surface area contributed by atoms with Crippen LogP contribution in [-0.2, 0) is 4.79 Å². The predicted octanol–water partition coefficient (Wildman–Crippen LogP) is 2.79. The van der Waals surface area contributed by atoms with E-state index in [4.69, 9.17) is 11.6 Å². The highest BCUT2D eigenvalue weighted by atomic mass is 35.5. The molecular weight excluding hydrogens is 256 g/mol. The van der Waals surface area contributed by atoms with E-state index in [1.54, 1.807) is 11.0 Å². The average molecular weight is 267 g/mol. The van der Waals surface area contributed by atoms with Gasteiger partial charge in [-0.05, 0) is 6.07 Å². The molecule has 1 aromatic carbocycles. The number of carbonyl (C=O) groups excluding carboxylic acids is 1. The van der Waals surface area contributed by atoms with Crippen molar-refractivity contribution in [3.63, 3.8) is 0 Å². The summed E-state index contributed by atoms with van der Waals surface area (Å²) in [6.07, 6.45) is 2.13. The van der Waals surface area contributed by atoms with Gasteiger partial charge in [0.1, 0.15) is 0 Å². The van der Waals surface area contributed by atoms with Crippen molar-refractivity contribution in [3.8, 4) is 0 Å². The van der Waals surface area contributed by atoms with Crippen LogP contribution in [0.3, 0.4) is 0 Å². The van der Waals surface area contributed by atoms with Crippen molar-refractivity contribution in [2.24, 2.45) is 5.92 Å². The van der Waals surface area contributed by atoms with Gasteiger partial charge in [0.05, 0.1) is 15.6 Å². The fourth-order valence-electron chi connectivity index (χ4n) is 1.95. The normalized spacial score (nSPS) is 19.1. The van der Waals surface area contributed by atoms with Gasteiger partial charge >= 0.3 is 0 Å². The van der Waals surface area contributed by atoms with Crippen LogP contribution in [0.1, 0.15) is 6.42 Å². The number of benzene rings is 1. The van der Waals surface area contributed by atoms with E-state index in [1.165, 1.54) is 18.2 Å². The molecule has 6 heteroatoms. The van der Waals surface area contributed by atoms with Gasteiger partial charge in [-0.3, -0.25) is 14.9 Å². The number of hydrogen-bond donors (Lipinski definition) is 0. The summed E-state index contributed by atoms with van der Waals surface area (Å²) >= 11 is 5.99. The molecule has 0 aromatic heterocycles. The topological polar surface area (TPSA) is 63.5 Å². The zero-order valence-electron chi connectivity index (χ0n) is 9.51. The fraction of sp³-hybridized carbons (Fsp3) is 0.250. The molecule has 1 aliphatic heterocycles. The Morgan fingerprint density at radius 3 is 2.78 bits per heavy atom. The number of rotatable bonds is 3. The number of non-ortho nitro benzene ring substituents is 1. The summed E-state index contributed by atoms with van der Waals surface area (Å²) in [5.41, 5.74) is 0.423. The van der Waals surface area contributed by atoms with Crippen LogP contribution in [-0.4, -0.2) is 17.4 Å². The lowest BCUT2D eigenvalue weighted by Gasteiger charge is -2.17. The summed E-state index contributed by atoms with van der Waals surface area (Å²) in [4.78, 5) is 23.4. The molecule has 2 rings (SSSR count). The minimum absolute atomic E-state index is 0.0457. The second kappa shape index (κ2) is 4.78. The maximum Gasteiger partial charge on any atom is 0.271 e. The molecule has 0 N–H and O–H groups in total. The number of nitro groups is 1. The zero-order chi connectivity index (χ0) is 13.3. The molecule has 1 aromatic rings. The molecular formula is C12H11ClN2O3. The highest BCUT2D eigenvalue weighted by Gasteiger charge is 2.30. The molecule has 5 nitrogen and oxygen atoms in total. The SMILES string of the molecule is C=CC1CC(=O)N(c2ccc([N+](=O)[O-])cc2Cl)C1. The molecule has 1 aliphatic rings. The lowest BCUT2D eigenvalue weighted by Crippen LogP contribution is -2.24. The van der Waals surface area contributed by atoms with Gasteiger partial charge in [-0.25, -0.2) is 0 Å². The van der Waals surface area contributed by atoms with Crippen molar-refractivity contribution < 1.29 is 9.72 Å². The fourth-order valence-corrected chi connectivity index (χ4v) is 2.23. The maximum atomic E-state index is 11.8. The summed E-state index contributed by atoms with van der Waals surface area (Å²) in [5, 5.41) is 10.8. The third kappa shape index (κ3) is 2.22. The Hall–Kier alpha value is -1.88. The molecule has 0 aliphatic carbocycles. The third-order valence-corrected chi connectivity index (χ3v) is 3.22. The first-order valence-electron chi connectivity index (χ1n) is 5.39. The van der Waals surface area contributed by atoms with E-state index in [1.807, 2.05) is 0 Å². The minimum atomic E-state index is -0.520. The van der Waals surface area contributed by atoms with Crippen molar-refractivity contribution in [3.05, 3.63) is 46.0 Å². The molecule has 1 fully saturated rings. The number of nitrogens with zero attached hydrogens (tertiary/aromatic N) is 2. The van der Waals surface area contributed by atoms with Crippen LogP contribution in [0.4, 0.5) is 11.4 Å². The summed E-state index contributed by atoms with van der Waals surface area (Å²) in [6.45, 7) is 4.18. The van der Waals surface area contributed by atoms with Crippen molar-refractivity contribution in [2.45, 2.75) is 6.42 Å². The van der Waals surface area contributed by atoms with Crippen LogP contribution < -0.4 is 4.90 Å². The Bertz CT molecular complexity index is 530. The van der Waals surface area contributed by atoms with E-state index < -0.39 is 4.92 Å². The quantitative estimate of drug-likeness (QED) is 0.480. The van der Waals surface area contributed by atoms with Crippen molar-refractivity contribution in [1.29, 1.82) is 0 Å². The first-order valence-corrected chi connectivity index (χ1v) is 5.77. The lowest BCUT2D eigenvalue weighted by atomic mass is 10.1. The number of hydrogen-bond acceptors (Lipinski definition) is 3. The van der Waals surface area contributed by atoms with E-state index in [0.29, 0.717) is 18.7 Å². The van der Waals surface area contributed by atoms with Crippen molar-refractivity contribution in [1.82, 2.24) is 0 Å². The Morgan fingerprint density at radius 2 is 2.28 bits per heavy atom. The summed E-state index contributed by atoms with van der Waals surface area (Å²) < 4.78 is 0. The van der Waals surface area contributed by atoms with Crippen LogP contribution in [0.5, 0.6) is 0 Å². The standard InChI is InChI=1S/C12H11ClN2O3/c1-2-8-5-12(16)14(7-8)11-4-3-9(15(17)18)6-10(11)13/h2-4,6,8H,1,5,7H2. The van der Waals surface area contributed by atoms with Crippen LogP contribution in [0, 0.1) is 16.0 Å². The Kier molecular flexibility index (Phi) is 3.34. The van der Waals surface area contributed by atoms with Gasteiger partial charge in [-0.2, -0.15) is 0 Å². The molecule has 1 saturated heterocycles. The number of halogens is 1. The summed E-state index contributed by atoms with van der Waals surface area (Å²) in [5.74, 6) is 0.0550. The average Bonchev–Trinajstić information content (AvgIpc) is 2.70. The molecule has 0 radical (unpaired) electrons. The summed E-state index contributed by atoms with van der Waals surface area (Å²) in [7, 11) is 0. The largest absolute Gasteiger partial charge is 0.310 e. The van der Waals surface area contributed by atoms with E-state index in [2.05, 4.69) is 6.58 Å². The van der Waals surface area contributed by atoms with Crippen molar-refractivity contribution in [2.75, 3.05) is 11.4 Å². The van der Waals surface area contributed by atoms with E-state index >= 15 is 0 Å². The van der Waals surface area contributed by atoms with Crippen molar-refractivity contribution >= 4 is 28.9 Å². The van der Waals surface area contributed by atoms with E-state index in [9.17, 15) is 14.9 Å². The highest BCUT2D eigenvalue weighted by Crippen LogP contribution is 2.33. The van der Waals surface area contributed by atoms with Gasteiger partial charge in [0.25, 0.3) is 5.69 Å². The highest BCUT2D eigenvalue weighted by molar-refractivity contribution is 6.34. The van der Waals surface area contributed by atoms with Crippen LogP contribution in [0.2, 0.25) is 5.02 Å². The number of amides is 1. The molecule has 1 heterocycles. The molecule has 18 heavy (non-hydrogen) atoms. The first-order chi connectivity index (χ1) is 8.52. The number of nitro benzene ring substituents is 1. The van der Waals surface area contributed by atoms with Crippen LogP contribution in [0.15, 0.2) is 30.9 Å². The Balaban J connectivity index is 2.32. The second-order valence-electron chi connectivity index (χ2n) is 4.10. The molecule has 0 spiro atoms. The number of carbonyl (C=O) groups is 1. The minimum Gasteiger partial charge on any atom is -0.310 e. The second-order valence-corrected chi connectivity index (χ2v) is 4.50. The molecule has 1 atom stereocenters. The van der Waals surface area contributed by atoms with Gasteiger partial charge in [0, 0.05) is 31.0 Å². The molecule has 1 unspecified atom stereocenters. The van der Waals surface area contributed by atoms with Gasteiger partial charge in [-0.1, -0.05) is 17.7 Å². The lowest BCUT2D eigenvalue weighted by molar-refractivity contribution is -0.384. The van der Waals surface area contributed by atoms with E-state index in [-0.39, 0.29) is 22.5 Å². The van der Waals surface area contributed by atoms with E-state index in [0.717, 1.165) is 0 Å². The van der Waals surface area contributed by atoms with Gasteiger partial charge in [0.2, 0.25) is 5.91 Å². The Morgan fingerprint density at radius 1 is 1.56 bits per heavy atom. The molecule has 0 saturated carbocycles. The predicted molar refractivity (Wildman–Crippen MR) is 68.8 cm³/mol. The van der Waals surface area contributed by atoms with Crippen LogP contribution >= 0.6 is 11.6 Å². The van der Waals surface area contributed by atoms with Gasteiger partial charge in [-0.15, -0.1) is 6.58 Å². The third-order valence-electron chi connectivity index (χ3n) is 2.92.